The van der Waals surface area contributed by atoms with Crippen LogP contribution in [0.2, 0.25) is 0 Å². The summed E-state index contributed by atoms with van der Waals surface area (Å²) >= 11 is 0. The molecule has 0 radical (unpaired) electrons. The highest BCUT2D eigenvalue weighted by molar-refractivity contribution is 5.76. The molecule has 1 aromatic rings. The Labute approximate surface area is 198 Å². The molecule has 2 rings (SSSR count). The number of carbonyl (C=O) groups is 1. The van der Waals surface area contributed by atoms with E-state index < -0.39 is 18.3 Å². The Bertz CT molecular complexity index is 658. The lowest BCUT2D eigenvalue weighted by atomic mass is 10.0. The highest BCUT2D eigenvalue weighted by atomic mass is 19.1. The summed E-state index contributed by atoms with van der Waals surface area (Å²) in [5, 5.41) is 14.1. The molecule has 1 unspecified atom stereocenters. The smallest absolute Gasteiger partial charge is 0.220 e. The zero-order valence-electron chi connectivity index (χ0n) is 20.4. The average Bonchev–Trinajstić information content (AvgIpc) is 3.22. The minimum atomic E-state index is -0.869. The van der Waals surface area contributed by atoms with Crippen LogP contribution in [0.15, 0.2) is 24.3 Å². The molecule has 188 valence electrons. The van der Waals surface area contributed by atoms with E-state index in [0.717, 1.165) is 62.9 Å². The van der Waals surface area contributed by atoms with Gasteiger partial charge in [0.05, 0.1) is 12.6 Å². The predicted octanol–water partition coefficient (Wildman–Crippen LogP) is 4.41. The fourth-order valence-electron chi connectivity index (χ4n) is 4.12. The Balaban J connectivity index is 1.89. The van der Waals surface area contributed by atoms with Crippen molar-refractivity contribution in [2.75, 3.05) is 40.0 Å². The molecule has 1 aromatic carbocycles. The van der Waals surface area contributed by atoms with Crippen LogP contribution in [0.1, 0.15) is 76.4 Å². The van der Waals surface area contributed by atoms with Gasteiger partial charge >= 0.3 is 0 Å². The molecule has 0 aliphatic carbocycles. The van der Waals surface area contributed by atoms with Crippen molar-refractivity contribution < 1.29 is 23.8 Å². The van der Waals surface area contributed by atoms with Gasteiger partial charge in [-0.15, -0.1) is 0 Å². The van der Waals surface area contributed by atoms with Gasteiger partial charge in [-0.25, -0.2) is 4.39 Å². The summed E-state index contributed by atoms with van der Waals surface area (Å²) in [4.78, 5) is 14.6. The van der Waals surface area contributed by atoms with Gasteiger partial charge in [0.15, 0.2) is 0 Å². The normalized spacial score (nSPS) is 18.2. The molecule has 1 heterocycles. The summed E-state index contributed by atoms with van der Waals surface area (Å²) < 4.78 is 24.4. The van der Waals surface area contributed by atoms with Crippen LogP contribution in [0.3, 0.4) is 0 Å². The van der Waals surface area contributed by atoms with Crippen LogP contribution in [0.5, 0.6) is 5.75 Å². The lowest BCUT2D eigenvalue weighted by Gasteiger charge is -2.29. The summed E-state index contributed by atoms with van der Waals surface area (Å²) in [5.41, 5.74) is 0.720. The number of amides is 1. The molecule has 0 bridgehead atoms. The summed E-state index contributed by atoms with van der Waals surface area (Å²) in [5.74, 6) is 0.705. The zero-order chi connectivity index (χ0) is 23.9. The molecular weight excluding hydrogens is 423 g/mol. The van der Waals surface area contributed by atoms with Crippen molar-refractivity contribution in [3.8, 4) is 5.75 Å². The Morgan fingerprint density at radius 2 is 1.88 bits per heavy atom. The van der Waals surface area contributed by atoms with Crippen LogP contribution >= 0.6 is 0 Å². The molecule has 1 aliphatic rings. The Morgan fingerprint density at radius 1 is 1.15 bits per heavy atom. The monoisotopic (exact) mass is 466 g/mol. The molecule has 0 aromatic heterocycles. The summed E-state index contributed by atoms with van der Waals surface area (Å²) in [6.07, 6.45) is 6.36. The van der Waals surface area contributed by atoms with Crippen LogP contribution < -0.4 is 10.1 Å². The number of methoxy groups -OCH3 is 1. The fourth-order valence-corrected chi connectivity index (χ4v) is 4.12. The van der Waals surface area contributed by atoms with E-state index in [1.54, 1.807) is 7.11 Å². The maximum atomic E-state index is 13.7. The van der Waals surface area contributed by atoms with E-state index in [0.29, 0.717) is 39.1 Å². The van der Waals surface area contributed by atoms with E-state index in [1.807, 2.05) is 29.2 Å². The minimum absolute atomic E-state index is 0.0635. The zero-order valence-corrected chi connectivity index (χ0v) is 20.4. The van der Waals surface area contributed by atoms with Gasteiger partial charge in [-0.05, 0) is 43.4 Å². The van der Waals surface area contributed by atoms with Crippen molar-refractivity contribution in [1.29, 1.82) is 0 Å². The lowest BCUT2D eigenvalue weighted by Crippen LogP contribution is -2.46. The van der Waals surface area contributed by atoms with Gasteiger partial charge in [-0.1, -0.05) is 44.7 Å². The van der Waals surface area contributed by atoms with Crippen LogP contribution in [0, 0.1) is 0 Å². The maximum absolute atomic E-state index is 13.7. The number of unbranched alkanes of at least 4 members (excludes halogenated alkanes) is 5. The molecule has 0 saturated carbocycles. The third-order valence-corrected chi connectivity index (χ3v) is 6.14. The first-order valence-corrected chi connectivity index (χ1v) is 12.6. The van der Waals surface area contributed by atoms with Gasteiger partial charge in [0.1, 0.15) is 18.0 Å². The SMILES string of the molecule is CCCCOc1ccc(C(O)[C@@H](CN2CC[C@@H](F)C2)NC(=O)CCCCCCCOC)cc1. The first kappa shape index (κ1) is 27.5. The Morgan fingerprint density at radius 3 is 2.55 bits per heavy atom. The molecular formula is C26H43FN2O4. The number of nitrogens with zero attached hydrogens (tertiary/aromatic N) is 1. The number of aliphatic hydroxyl groups is 1. The Hall–Kier alpha value is -1.70. The van der Waals surface area contributed by atoms with Crippen LogP contribution in [-0.2, 0) is 9.53 Å². The van der Waals surface area contributed by atoms with Crippen molar-refractivity contribution in [2.45, 2.75) is 83.0 Å². The number of ether oxygens (including phenoxy) is 2. The van der Waals surface area contributed by atoms with Crippen LogP contribution in [0.4, 0.5) is 4.39 Å². The van der Waals surface area contributed by atoms with Gasteiger partial charge in [0.25, 0.3) is 0 Å². The van der Waals surface area contributed by atoms with Crippen molar-refractivity contribution in [3.05, 3.63) is 29.8 Å². The van der Waals surface area contributed by atoms with Crippen molar-refractivity contribution in [3.63, 3.8) is 0 Å². The first-order chi connectivity index (χ1) is 16.0. The largest absolute Gasteiger partial charge is 0.494 e. The van der Waals surface area contributed by atoms with Crippen LogP contribution in [0.25, 0.3) is 0 Å². The molecule has 1 fully saturated rings. The number of alkyl halides is 1. The lowest BCUT2D eigenvalue weighted by molar-refractivity contribution is -0.123. The molecule has 1 aliphatic heterocycles. The highest BCUT2D eigenvalue weighted by Gasteiger charge is 2.29. The van der Waals surface area contributed by atoms with E-state index >= 15 is 0 Å². The topological polar surface area (TPSA) is 71.0 Å². The standard InChI is InChI=1S/C26H43FN2O4/c1-3-4-18-33-23-13-11-21(12-14-23)26(31)24(20-29-16-15-22(27)19-29)28-25(30)10-8-6-5-7-9-17-32-2/h11-14,22,24,26,31H,3-10,15-20H2,1-2H3,(H,28,30)/t22-,24-,26?/m1/s1. The van der Waals surface area contributed by atoms with Crippen molar-refractivity contribution in [1.82, 2.24) is 10.2 Å². The quantitative estimate of drug-likeness (QED) is 0.333. The third kappa shape index (κ3) is 10.8. The number of hydrogen-bond acceptors (Lipinski definition) is 5. The number of benzene rings is 1. The van der Waals surface area contributed by atoms with E-state index in [-0.39, 0.29) is 5.91 Å². The molecule has 33 heavy (non-hydrogen) atoms. The molecule has 1 amide bonds. The van der Waals surface area contributed by atoms with Gasteiger partial charge in [-0.2, -0.15) is 0 Å². The highest BCUT2D eigenvalue weighted by Crippen LogP contribution is 2.23. The van der Waals surface area contributed by atoms with E-state index in [2.05, 4.69) is 12.2 Å². The number of aliphatic hydroxyl groups excluding tert-OH is 1. The van der Waals surface area contributed by atoms with Gasteiger partial charge in [0.2, 0.25) is 5.91 Å². The second kappa shape index (κ2) is 16.0. The van der Waals surface area contributed by atoms with Gasteiger partial charge < -0.3 is 19.9 Å². The van der Waals surface area contributed by atoms with Gasteiger partial charge in [0, 0.05) is 39.8 Å². The molecule has 1 saturated heterocycles. The number of carbonyl (C=O) groups excluding carboxylic acids is 1. The van der Waals surface area contributed by atoms with Crippen molar-refractivity contribution >= 4 is 5.91 Å². The van der Waals surface area contributed by atoms with Crippen molar-refractivity contribution in [2.24, 2.45) is 0 Å². The average molecular weight is 467 g/mol. The van der Waals surface area contributed by atoms with Crippen LogP contribution in [-0.4, -0.2) is 68.1 Å². The molecule has 2 N–H and O–H groups in total. The first-order valence-electron chi connectivity index (χ1n) is 12.6. The number of likely N-dealkylation sites (tertiary alicyclic amines) is 1. The number of rotatable bonds is 17. The minimum Gasteiger partial charge on any atom is -0.494 e. The van der Waals surface area contributed by atoms with E-state index in [1.165, 1.54) is 0 Å². The molecule has 7 heteroatoms. The van der Waals surface area contributed by atoms with E-state index in [4.69, 9.17) is 9.47 Å². The van der Waals surface area contributed by atoms with E-state index in [9.17, 15) is 14.3 Å². The molecule has 3 atom stereocenters. The summed E-state index contributed by atoms with van der Waals surface area (Å²) in [7, 11) is 1.71. The number of halogens is 1. The number of hydrogen-bond donors (Lipinski definition) is 2. The second-order valence-corrected chi connectivity index (χ2v) is 9.05. The summed E-state index contributed by atoms with van der Waals surface area (Å²) in [6.45, 7) is 4.99. The second-order valence-electron chi connectivity index (χ2n) is 9.05. The molecule has 6 nitrogen and oxygen atoms in total. The predicted molar refractivity (Wildman–Crippen MR) is 129 cm³/mol. The Kier molecular flexibility index (Phi) is 13.4. The third-order valence-electron chi connectivity index (χ3n) is 6.14. The fraction of sp³-hybridized carbons (Fsp3) is 0.731. The van der Waals surface area contributed by atoms with Gasteiger partial charge in [-0.3, -0.25) is 9.69 Å². The summed E-state index contributed by atoms with van der Waals surface area (Å²) in [6, 6.07) is 6.89. The maximum Gasteiger partial charge on any atom is 0.220 e. The molecule has 0 spiro atoms. The number of nitrogens with one attached hydrogen (secondary N) is 1.